The fourth-order valence-corrected chi connectivity index (χ4v) is 2.97. The summed E-state index contributed by atoms with van der Waals surface area (Å²) in [7, 11) is 1.70. The van der Waals surface area contributed by atoms with E-state index in [0.717, 1.165) is 39.1 Å². The molecule has 24 heavy (non-hydrogen) atoms. The van der Waals surface area contributed by atoms with E-state index < -0.39 is 4.92 Å². The van der Waals surface area contributed by atoms with Gasteiger partial charge in [0.1, 0.15) is 0 Å². The third-order valence-electron chi connectivity index (χ3n) is 4.28. The zero-order valence-electron chi connectivity index (χ0n) is 13.7. The Balaban J connectivity index is 1.84. The normalized spacial score (nSPS) is 16.1. The Morgan fingerprint density at radius 2 is 2.17 bits per heavy atom. The van der Waals surface area contributed by atoms with Gasteiger partial charge < -0.3 is 15.0 Å². The maximum absolute atomic E-state index is 12.2. The quantitative estimate of drug-likeness (QED) is 0.599. The number of benzene rings is 1. The molecule has 0 atom stereocenters. The molecule has 132 valence electrons. The van der Waals surface area contributed by atoms with Crippen molar-refractivity contribution in [3.8, 4) is 0 Å². The van der Waals surface area contributed by atoms with Gasteiger partial charge >= 0.3 is 0 Å². The summed E-state index contributed by atoms with van der Waals surface area (Å²) in [6, 6.07) is 3.88. The number of piperidine rings is 1. The number of hydrogen-bond acceptors (Lipinski definition) is 5. The number of nitrogens with zero attached hydrogens (tertiary/aromatic N) is 2. The maximum Gasteiger partial charge on any atom is 0.270 e. The molecule has 1 aromatic carbocycles. The molecule has 0 bridgehead atoms. The van der Waals surface area contributed by atoms with Gasteiger partial charge in [-0.1, -0.05) is 11.6 Å². The van der Waals surface area contributed by atoms with Crippen LogP contribution in [0.5, 0.6) is 0 Å². The Morgan fingerprint density at radius 3 is 2.79 bits per heavy atom. The van der Waals surface area contributed by atoms with E-state index in [1.54, 1.807) is 7.11 Å². The number of hydrogen-bond donors (Lipinski definition) is 1. The number of carbonyl (C=O) groups excluding carboxylic acids is 1. The van der Waals surface area contributed by atoms with Gasteiger partial charge in [0, 0.05) is 32.3 Å². The summed E-state index contributed by atoms with van der Waals surface area (Å²) in [5, 5.41) is 13.9. The number of carbonyl (C=O) groups is 1. The molecule has 7 nitrogen and oxygen atoms in total. The van der Waals surface area contributed by atoms with Crippen LogP contribution in [0.25, 0.3) is 0 Å². The van der Waals surface area contributed by atoms with Crippen molar-refractivity contribution in [2.45, 2.75) is 12.8 Å². The smallest absolute Gasteiger partial charge is 0.270 e. The van der Waals surface area contributed by atoms with Crippen LogP contribution in [-0.4, -0.2) is 55.6 Å². The molecule has 1 saturated heterocycles. The molecule has 0 unspecified atom stereocenters. The molecule has 8 heteroatoms. The van der Waals surface area contributed by atoms with Gasteiger partial charge in [-0.2, -0.15) is 0 Å². The minimum Gasteiger partial charge on any atom is -0.383 e. The molecule has 1 heterocycles. The average molecular weight is 356 g/mol. The molecule has 0 spiro atoms. The molecule has 0 saturated carbocycles. The van der Waals surface area contributed by atoms with E-state index in [9.17, 15) is 14.9 Å². The van der Waals surface area contributed by atoms with E-state index in [0.29, 0.717) is 12.5 Å². The Labute approximate surface area is 146 Å². The maximum atomic E-state index is 12.2. The van der Waals surface area contributed by atoms with Crippen LogP contribution in [0.2, 0.25) is 5.02 Å². The number of ether oxygens (including phenoxy) is 1. The van der Waals surface area contributed by atoms with Crippen molar-refractivity contribution in [3.05, 3.63) is 38.9 Å². The summed E-state index contributed by atoms with van der Waals surface area (Å²) >= 11 is 5.98. The van der Waals surface area contributed by atoms with Crippen molar-refractivity contribution in [1.29, 1.82) is 0 Å². The Bertz CT molecular complexity index is 589. The summed E-state index contributed by atoms with van der Waals surface area (Å²) < 4.78 is 5.08. The Hall–Kier alpha value is -1.70. The van der Waals surface area contributed by atoms with E-state index in [4.69, 9.17) is 16.3 Å². The van der Waals surface area contributed by atoms with Crippen LogP contribution in [0.4, 0.5) is 5.69 Å². The summed E-state index contributed by atoms with van der Waals surface area (Å²) in [6.07, 6.45) is 2.01. The van der Waals surface area contributed by atoms with Crippen LogP contribution in [0.15, 0.2) is 18.2 Å². The topological polar surface area (TPSA) is 84.7 Å². The third kappa shape index (κ3) is 5.15. The zero-order chi connectivity index (χ0) is 17.5. The van der Waals surface area contributed by atoms with Crippen LogP contribution in [0.1, 0.15) is 23.2 Å². The van der Waals surface area contributed by atoms with Gasteiger partial charge in [0.05, 0.1) is 22.1 Å². The monoisotopic (exact) mass is 355 g/mol. The molecule has 1 fully saturated rings. The third-order valence-corrected chi connectivity index (χ3v) is 4.61. The van der Waals surface area contributed by atoms with Crippen LogP contribution in [0, 0.1) is 16.0 Å². The first-order chi connectivity index (χ1) is 11.5. The molecule has 2 rings (SSSR count). The second-order valence-electron chi connectivity index (χ2n) is 5.91. The molecule has 1 N–H and O–H groups in total. The molecule has 1 aliphatic heterocycles. The first-order valence-corrected chi connectivity index (χ1v) is 8.32. The SMILES string of the molecule is COCCN1CCC(CNC(=O)c2cc([N+](=O)[O-])ccc2Cl)CC1. The zero-order valence-corrected chi connectivity index (χ0v) is 14.4. The highest BCUT2D eigenvalue weighted by atomic mass is 35.5. The lowest BCUT2D eigenvalue weighted by atomic mass is 9.96. The van der Waals surface area contributed by atoms with Crippen LogP contribution in [0.3, 0.4) is 0 Å². The summed E-state index contributed by atoms with van der Waals surface area (Å²) in [5.74, 6) is 0.0377. The lowest BCUT2D eigenvalue weighted by Crippen LogP contribution is -2.39. The second kappa shape index (κ2) is 8.96. The highest BCUT2D eigenvalue weighted by Gasteiger charge is 2.21. The standard InChI is InChI=1S/C16H22ClN3O4/c1-24-9-8-19-6-4-12(5-7-19)11-18-16(21)14-10-13(20(22)23)2-3-15(14)17/h2-3,10,12H,4-9,11H2,1H3,(H,18,21). The first-order valence-electron chi connectivity index (χ1n) is 7.94. The Morgan fingerprint density at radius 1 is 1.46 bits per heavy atom. The molecule has 1 aromatic rings. The lowest BCUT2D eigenvalue weighted by molar-refractivity contribution is -0.384. The predicted octanol–water partition coefficient (Wildman–Crippen LogP) is 2.34. The number of nitrogens with one attached hydrogen (secondary N) is 1. The van der Waals surface area contributed by atoms with Crippen LogP contribution >= 0.6 is 11.6 Å². The van der Waals surface area contributed by atoms with Crippen LogP contribution < -0.4 is 5.32 Å². The van der Waals surface area contributed by atoms with Gasteiger partial charge in [-0.3, -0.25) is 14.9 Å². The predicted molar refractivity (Wildman–Crippen MR) is 91.5 cm³/mol. The fourth-order valence-electron chi connectivity index (χ4n) is 2.77. The number of halogens is 1. The number of likely N-dealkylation sites (tertiary alicyclic amines) is 1. The van der Waals surface area contributed by atoms with E-state index in [-0.39, 0.29) is 22.2 Å². The molecule has 0 aliphatic carbocycles. The van der Waals surface area contributed by atoms with Crippen molar-refractivity contribution in [2.24, 2.45) is 5.92 Å². The fraction of sp³-hybridized carbons (Fsp3) is 0.562. The largest absolute Gasteiger partial charge is 0.383 e. The second-order valence-corrected chi connectivity index (χ2v) is 6.32. The number of rotatable bonds is 7. The number of non-ortho nitro benzene ring substituents is 1. The van der Waals surface area contributed by atoms with Crippen LogP contribution in [-0.2, 0) is 4.74 Å². The number of methoxy groups -OCH3 is 1. The van der Waals surface area contributed by atoms with Crippen molar-refractivity contribution in [3.63, 3.8) is 0 Å². The van der Waals surface area contributed by atoms with Crippen molar-refractivity contribution < 1.29 is 14.5 Å². The summed E-state index contributed by atoms with van der Waals surface area (Å²) in [6.45, 7) is 4.18. The van der Waals surface area contributed by atoms with Gasteiger partial charge in [0.15, 0.2) is 0 Å². The number of nitro groups is 1. The minimum atomic E-state index is -0.539. The summed E-state index contributed by atoms with van der Waals surface area (Å²) in [4.78, 5) is 24.9. The molecular weight excluding hydrogens is 334 g/mol. The van der Waals surface area contributed by atoms with Gasteiger partial charge in [-0.15, -0.1) is 0 Å². The molecule has 0 radical (unpaired) electrons. The lowest BCUT2D eigenvalue weighted by Gasteiger charge is -2.31. The number of nitro benzene ring substituents is 1. The van der Waals surface area contributed by atoms with Gasteiger partial charge in [0.25, 0.3) is 11.6 Å². The van der Waals surface area contributed by atoms with Gasteiger partial charge in [0.2, 0.25) is 0 Å². The molecule has 1 amide bonds. The number of amides is 1. The molecule has 0 aromatic heterocycles. The average Bonchev–Trinajstić information content (AvgIpc) is 2.59. The summed E-state index contributed by atoms with van der Waals surface area (Å²) in [5.41, 5.74) is -0.000557. The van der Waals surface area contributed by atoms with Gasteiger partial charge in [-0.05, 0) is 37.9 Å². The van der Waals surface area contributed by atoms with Crippen molar-refractivity contribution in [2.75, 3.05) is 39.9 Å². The van der Waals surface area contributed by atoms with Gasteiger partial charge in [-0.25, -0.2) is 0 Å². The van der Waals surface area contributed by atoms with E-state index >= 15 is 0 Å². The highest BCUT2D eigenvalue weighted by Crippen LogP contribution is 2.22. The van der Waals surface area contributed by atoms with E-state index in [1.807, 2.05) is 0 Å². The van der Waals surface area contributed by atoms with E-state index in [1.165, 1.54) is 18.2 Å². The van der Waals surface area contributed by atoms with Crippen molar-refractivity contribution >= 4 is 23.2 Å². The van der Waals surface area contributed by atoms with E-state index in [2.05, 4.69) is 10.2 Å². The Kier molecular flexibility index (Phi) is 6.96. The molecular formula is C16H22ClN3O4. The highest BCUT2D eigenvalue weighted by molar-refractivity contribution is 6.33. The van der Waals surface area contributed by atoms with Crippen molar-refractivity contribution in [1.82, 2.24) is 10.2 Å². The molecule has 1 aliphatic rings. The first kappa shape index (κ1) is 18.6. The minimum absolute atomic E-state index is 0.142.